The lowest BCUT2D eigenvalue weighted by molar-refractivity contribution is -0.133. The summed E-state index contributed by atoms with van der Waals surface area (Å²) in [6, 6.07) is 8.78. The summed E-state index contributed by atoms with van der Waals surface area (Å²) in [6.45, 7) is 9.05. The Morgan fingerprint density at radius 3 is 2.35 bits per heavy atom. The van der Waals surface area contributed by atoms with E-state index in [4.69, 9.17) is 9.84 Å². The minimum atomic E-state index is -0.0229. The molecular formula is C27H36N4O3. The maximum atomic E-state index is 13.3. The molecule has 2 atom stereocenters. The predicted molar refractivity (Wildman–Crippen MR) is 130 cm³/mol. The number of morpholine rings is 1. The Balaban J connectivity index is 1.25. The lowest BCUT2D eigenvalue weighted by Gasteiger charge is -2.35. The summed E-state index contributed by atoms with van der Waals surface area (Å²) in [5.74, 6) is 0.596. The molecule has 2 aliphatic heterocycles. The number of carbonyl (C=O) groups excluding carboxylic acids is 2. The van der Waals surface area contributed by atoms with Crippen LogP contribution in [0.5, 0.6) is 0 Å². The molecule has 0 saturated carbocycles. The molecule has 2 fully saturated rings. The van der Waals surface area contributed by atoms with Gasteiger partial charge in [-0.15, -0.1) is 0 Å². The molecule has 1 aromatic carbocycles. The van der Waals surface area contributed by atoms with Gasteiger partial charge in [-0.3, -0.25) is 14.3 Å². The summed E-state index contributed by atoms with van der Waals surface area (Å²) in [4.78, 5) is 30.4. The standard InChI is InChI=1S/C27H36N4O3/c1-18-7-9-21(10-8-18)22-11-13-29(14-12-22)25(32)17-31-24-6-4-5-23(24)26(28-31)27(33)30-15-19(2)34-20(3)16-30/h7-10,19-20,22H,4-6,11-17H2,1-3H3/t19-,20+. The van der Waals surface area contributed by atoms with Gasteiger partial charge in [0.1, 0.15) is 6.54 Å². The van der Waals surface area contributed by atoms with Gasteiger partial charge in [0.2, 0.25) is 5.91 Å². The molecule has 0 unspecified atom stereocenters. The van der Waals surface area contributed by atoms with E-state index in [-0.39, 0.29) is 30.6 Å². The average molecular weight is 465 g/mol. The summed E-state index contributed by atoms with van der Waals surface area (Å²) in [5, 5.41) is 4.70. The van der Waals surface area contributed by atoms with Gasteiger partial charge < -0.3 is 14.5 Å². The Morgan fingerprint density at radius 2 is 1.68 bits per heavy atom. The fourth-order valence-corrected chi connectivity index (χ4v) is 5.83. The van der Waals surface area contributed by atoms with Crippen molar-refractivity contribution in [2.24, 2.45) is 0 Å². The van der Waals surface area contributed by atoms with Crippen LogP contribution < -0.4 is 0 Å². The fourth-order valence-electron chi connectivity index (χ4n) is 5.83. The molecular weight excluding hydrogens is 428 g/mol. The number of piperidine rings is 1. The number of aromatic nitrogens is 2. The van der Waals surface area contributed by atoms with Crippen molar-refractivity contribution < 1.29 is 14.3 Å². The number of amides is 2. The molecule has 3 aliphatic rings. The van der Waals surface area contributed by atoms with E-state index in [1.807, 2.05) is 28.3 Å². The Kier molecular flexibility index (Phi) is 6.47. The van der Waals surface area contributed by atoms with Crippen LogP contribution in [0.25, 0.3) is 0 Å². The summed E-state index contributed by atoms with van der Waals surface area (Å²) in [6.07, 6.45) is 4.78. The number of nitrogens with zero attached hydrogens (tertiary/aromatic N) is 4. The van der Waals surface area contributed by atoms with Crippen LogP contribution in [0.3, 0.4) is 0 Å². The molecule has 5 rings (SSSR count). The summed E-state index contributed by atoms with van der Waals surface area (Å²) in [7, 11) is 0. The maximum Gasteiger partial charge on any atom is 0.274 e. The van der Waals surface area contributed by atoms with Crippen LogP contribution in [0.2, 0.25) is 0 Å². The molecule has 0 N–H and O–H groups in total. The molecule has 7 nitrogen and oxygen atoms in total. The third kappa shape index (κ3) is 4.63. The van der Waals surface area contributed by atoms with Crippen LogP contribution in [-0.4, -0.2) is 69.8 Å². The molecule has 1 aliphatic carbocycles. The predicted octanol–water partition coefficient (Wildman–Crippen LogP) is 3.34. The topological polar surface area (TPSA) is 67.7 Å². The maximum absolute atomic E-state index is 13.3. The normalized spacial score (nSPS) is 23.3. The number of hydrogen-bond donors (Lipinski definition) is 0. The van der Waals surface area contributed by atoms with Crippen LogP contribution in [0.4, 0.5) is 0 Å². The van der Waals surface area contributed by atoms with Crippen LogP contribution in [0, 0.1) is 6.92 Å². The van der Waals surface area contributed by atoms with Gasteiger partial charge in [-0.1, -0.05) is 29.8 Å². The number of rotatable bonds is 4. The lowest BCUT2D eigenvalue weighted by atomic mass is 9.89. The van der Waals surface area contributed by atoms with E-state index >= 15 is 0 Å². The smallest absolute Gasteiger partial charge is 0.274 e. The highest BCUT2D eigenvalue weighted by atomic mass is 16.5. The Labute approximate surface area is 202 Å². The van der Waals surface area contributed by atoms with Gasteiger partial charge in [-0.05, 0) is 64.4 Å². The van der Waals surface area contributed by atoms with Gasteiger partial charge in [-0.25, -0.2) is 0 Å². The molecule has 182 valence electrons. The van der Waals surface area contributed by atoms with Gasteiger partial charge in [0, 0.05) is 37.4 Å². The number of aryl methyl sites for hydroxylation is 1. The number of benzene rings is 1. The minimum absolute atomic E-state index is 0.0206. The molecule has 0 radical (unpaired) electrons. The van der Waals surface area contributed by atoms with E-state index in [0.29, 0.717) is 24.7 Å². The minimum Gasteiger partial charge on any atom is -0.372 e. The number of ether oxygens (including phenoxy) is 1. The monoisotopic (exact) mass is 464 g/mol. The number of hydrogen-bond acceptors (Lipinski definition) is 4. The first-order chi connectivity index (χ1) is 16.4. The van der Waals surface area contributed by atoms with Crippen molar-refractivity contribution in [2.45, 2.75) is 77.5 Å². The van der Waals surface area contributed by atoms with Gasteiger partial charge in [0.15, 0.2) is 5.69 Å². The van der Waals surface area contributed by atoms with Gasteiger partial charge >= 0.3 is 0 Å². The summed E-state index contributed by atoms with van der Waals surface area (Å²) >= 11 is 0. The lowest BCUT2D eigenvalue weighted by Crippen LogP contribution is -2.48. The van der Waals surface area contributed by atoms with Crippen LogP contribution in [0.1, 0.15) is 71.9 Å². The first-order valence-electron chi connectivity index (χ1n) is 12.8. The van der Waals surface area contributed by atoms with Crippen LogP contribution in [-0.2, 0) is 28.9 Å². The van der Waals surface area contributed by atoms with Crippen molar-refractivity contribution in [3.63, 3.8) is 0 Å². The van der Waals surface area contributed by atoms with Crippen molar-refractivity contribution in [1.82, 2.24) is 19.6 Å². The third-order valence-electron chi connectivity index (χ3n) is 7.60. The zero-order chi connectivity index (χ0) is 23.8. The van der Waals surface area contributed by atoms with E-state index in [1.165, 1.54) is 11.1 Å². The van der Waals surface area contributed by atoms with Crippen molar-refractivity contribution in [2.75, 3.05) is 26.2 Å². The molecule has 34 heavy (non-hydrogen) atoms. The number of carbonyl (C=O) groups is 2. The van der Waals surface area contributed by atoms with Crippen molar-refractivity contribution >= 4 is 11.8 Å². The molecule has 3 heterocycles. The second-order valence-corrected chi connectivity index (χ2v) is 10.3. The molecule has 0 bridgehead atoms. The highest BCUT2D eigenvalue weighted by Gasteiger charge is 2.33. The van der Waals surface area contributed by atoms with Gasteiger partial charge in [0.05, 0.1) is 12.2 Å². The molecule has 0 spiro atoms. The van der Waals surface area contributed by atoms with Crippen LogP contribution >= 0.6 is 0 Å². The fraction of sp³-hybridized carbons (Fsp3) is 0.593. The second-order valence-electron chi connectivity index (χ2n) is 10.3. The third-order valence-corrected chi connectivity index (χ3v) is 7.60. The number of fused-ring (bicyclic) bond motifs is 1. The number of likely N-dealkylation sites (tertiary alicyclic amines) is 1. The van der Waals surface area contributed by atoms with Crippen LogP contribution in [0.15, 0.2) is 24.3 Å². The molecule has 1 aromatic heterocycles. The molecule has 7 heteroatoms. The Morgan fingerprint density at radius 1 is 1.00 bits per heavy atom. The van der Waals surface area contributed by atoms with Crippen molar-refractivity contribution in [3.05, 3.63) is 52.3 Å². The summed E-state index contributed by atoms with van der Waals surface area (Å²) in [5.41, 5.74) is 5.30. The summed E-state index contributed by atoms with van der Waals surface area (Å²) < 4.78 is 7.61. The molecule has 2 saturated heterocycles. The highest BCUT2D eigenvalue weighted by Crippen LogP contribution is 2.30. The average Bonchev–Trinajstić information content (AvgIpc) is 3.42. The quantitative estimate of drug-likeness (QED) is 0.696. The van der Waals surface area contributed by atoms with E-state index < -0.39 is 0 Å². The zero-order valence-electron chi connectivity index (χ0n) is 20.6. The Bertz CT molecular complexity index is 1040. The van der Waals surface area contributed by atoms with Crippen molar-refractivity contribution in [1.29, 1.82) is 0 Å². The molecule has 2 amide bonds. The van der Waals surface area contributed by atoms with E-state index in [9.17, 15) is 9.59 Å². The van der Waals surface area contributed by atoms with Gasteiger partial charge in [-0.2, -0.15) is 5.10 Å². The molecule has 2 aromatic rings. The Hall–Kier alpha value is -2.67. The zero-order valence-corrected chi connectivity index (χ0v) is 20.6. The first-order valence-corrected chi connectivity index (χ1v) is 12.8. The van der Waals surface area contributed by atoms with Gasteiger partial charge in [0.25, 0.3) is 5.91 Å². The highest BCUT2D eigenvalue weighted by molar-refractivity contribution is 5.94. The van der Waals surface area contributed by atoms with E-state index in [1.54, 1.807) is 0 Å². The largest absolute Gasteiger partial charge is 0.372 e. The second kappa shape index (κ2) is 9.53. The van der Waals surface area contributed by atoms with E-state index in [2.05, 4.69) is 31.2 Å². The SMILES string of the molecule is Cc1ccc(C2CCN(C(=O)Cn3nc(C(=O)N4C[C@@H](C)O[C@@H](C)C4)c4c3CCC4)CC2)cc1. The van der Waals surface area contributed by atoms with Crippen molar-refractivity contribution in [3.8, 4) is 0 Å². The van der Waals surface area contributed by atoms with E-state index in [0.717, 1.165) is 56.5 Å². The first kappa shape index (κ1) is 23.1.